The second-order valence-corrected chi connectivity index (χ2v) is 14.0. The van der Waals surface area contributed by atoms with Crippen molar-refractivity contribution in [3.05, 3.63) is 74.1 Å². The van der Waals surface area contributed by atoms with Crippen molar-refractivity contribution in [2.24, 2.45) is 9.50 Å². The van der Waals surface area contributed by atoms with Crippen LogP contribution < -0.4 is 5.73 Å². The SMILES string of the molecule is CSc1sc(C(=N)N)cc1S(=O)(=NS(=O)(=O)c1cccc([N+](=O)[O-])c1)c1cccc(Br)c1.O=C(O)C(F)(F)F. The number of alkyl halides is 3. The number of rotatable bonds is 7. The molecule has 0 fully saturated rings. The van der Waals surface area contributed by atoms with Crippen molar-refractivity contribution >= 4 is 76.3 Å². The summed E-state index contributed by atoms with van der Waals surface area (Å²) in [7, 11) is -8.37. The maximum atomic E-state index is 14.3. The van der Waals surface area contributed by atoms with Crippen LogP contribution in [0.25, 0.3) is 0 Å². The highest BCUT2D eigenvalue weighted by Gasteiger charge is 2.38. The number of nitrogens with one attached hydrogen (secondary N) is 1. The standard InChI is InChI=1S/C18H15BrN4O5S4.C2HF3O2/c1-29-18-16(10-15(30-18)17(20)21)31(26,13-6-2-4-11(19)8-13)22-32(27,28)14-7-3-5-12(9-14)23(24)25;3-2(4,5)1(6)7/h2-10H,1H3,(H3,20,21);(H,6,7). The molecule has 0 aliphatic heterocycles. The number of nitrogen functional groups attached to an aromatic ring is 1. The van der Waals surface area contributed by atoms with Crippen molar-refractivity contribution < 1.29 is 40.6 Å². The fraction of sp³-hybridized carbons (Fsp3) is 0.100. The first-order chi connectivity index (χ1) is 17.9. The van der Waals surface area contributed by atoms with E-state index in [1.807, 2.05) is 0 Å². The zero-order valence-corrected chi connectivity index (χ0v) is 24.1. The Morgan fingerprint density at radius 1 is 1.15 bits per heavy atom. The van der Waals surface area contributed by atoms with Crippen LogP contribution in [0.1, 0.15) is 4.88 Å². The number of nitrogens with zero attached hydrogens (tertiary/aromatic N) is 2. The number of nitro benzene ring substituents is 1. The van der Waals surface area contributed by atoms with E-state index in [2.05, 4.69) is 19.7 Å². The molecular formula is C20H16BrF3N4O7S4. The lowest BCUT2D eigenvalue weighted by Gasteiger charge is -2.12. The van der Waals surface area contributed by atoms with Gasteiger partial charge in [-0.05, 0) is 36.6 Å². The highest BCUT2D eigenvalue weighted by molar-refractivity contribution is 9.10. The number of sulfonamides is 1. The van der Waals surface area contributed by atoms with Gasteiger partial charge in [0.25, 0.3) is 15.7 Å². The molecule has 39 heavy (non-hydrogen) atoms. The summed E-state index contributed by atoms with van der Waals surface area (Å²) >= 11 is 5.61. The van der Waals surface area contributed by atoms with Crippen LogP contribution in [0, 0.1) is 15.5 Å². The molecule has 2 aromatic carbocycles. The van der Waals surface area contributed by atoms with Gasteiger partial charge in [0.1, 0.15) is 15.6 Å². The zero-order valence-electron chi connectivity index (χ0n) is 19.2. The summed E-state index contributed by atoms with van der Waals surface area (Å²) in [5.41, 5.74) is 5.16. The molecule has 210 valence electrons. The largest absolute Gasteiger partial charge is 0.490 e. The molecular weight excluding hydrogens is 673 g/mol. The van der Waals surface area contributed by atoms with Crippen LogP contribution in [-0.4, -0.2) is 46.9 Å². The number of carbonyl (C=O) groups is 1. The molecule has 0 bridgehead atoms. The summed E-state index contributed by atoms with van der Waals surface area (Å²) < 4.78 is 77.2. The molecule has 0 saturated carbocycles. The van der Waals surface area contributed by atoms with Crippen LogP contribution in [0.4, 0.5) is 18.9 Å². The van der Waals surface area contributed by atoms with Crippen molar-refractivity contribution in [2.45, 2.75) is 25.1 Å². The number of carboxylic acids is 1. The van der Waals surface area contributed by atoms with Crippen molar-refractivity contribution in [3.63, 3.8) is 0 Å². The number of thioether (sulfide) groups is 1. The molecule has 0 spiro atoms. The second-order valence-electron chi connectivity index (χ2n) is 6.97. The highest BCUT2D eigenvalue weighted by atomic mass is 79.9. The Hall–Kier alpha value is -3.00. The summed E-state index contributed by atoms with van der Waals surface area (Å²) in [6, 6.07) is 12.0. The molecule has 1 unspecified atom stereocenters. The van der Waals surface area contributed by atoms with Gasteiger partial charge in [-0.25, -0.2) is 9.00 Å². The van der Waals surface area contributed by atoms with Gasteiger partial charge in [-0.15, -0.1) is 23.1 Å². The molecule has 1 heterocycles. The fourth-order valence-electron chi connectivity index (χ4n) is 2.61. The van der Waals surface area contributed by atoms with Gasteiger partial charge in [0.15, 0.2) is 0 Å². The first-order valence-corrected chi connectivity index (χ1v) is 15.6. The number of carboxylic acid groups (broad SMARTS) is 1. The van der Waals surface area contributed by atoms with Crippen LogP contribution in [0.3, 0.4) is 0 Å². The van der Waals surface area contributed by atoms with Crippen LogP contribution in [0.5, 0.6) is 0 Å². The highest BCUT2D eigenvalue weighted by Crippen LogP contribution is 2.39. The Labute approximate surface area is 236 Å². The van der Waals surface area contributed by atoms with Gasteiger partial charge in [0, 0.05) is 16.6 Å². The first-order valence-electron chi connectivity index (χ1n) is 9.78. The summed E-state index contributed by atoms with van der Waals surface area (Å²) in [5.74, 6) is -3.01. The number of amidine groups is 1. The Morgan fingerprint density at radius 3 is 2.21 bits per heavy atom. The maximum absolute atomic E-state index is 14.3. The van der Waals surface area contributed by atoms with Crippen LogP contribution in [0.2, 0.25) is 0 Å². The van der Waals surface area contributed by atoms with E-state index in [0.717, 1.165) is 29.5 Å². The molecule has 0 aliphatic carbocycles. The number of nitro groups is 1. The van der Waals surface area contributed by atoms with Gasteiger partial charge in [-0.1, -0.05) is 31.8 Å². The molecule has 3 aromatic rings. The molecule has 0 aliphatic rings. The van der Waals surface area contributed by atoms with E-state index in [1.54, 1.807) is 18.4 Å². The van der Waals surface area contributed by atoms with Crippen molar-refractivity contribution in [2.75, 3.05) is 6.26 Å². The molecule has 19 heteroatoms. The van der Waals surface area contributed by atoms with E-state index in [9.17, 15) is 35.9 Å². The third-order valence-corrected chi connectivity index (χ3v) is 11.6. The van der Waals surface area contributed by atoms with Gasteiger partial charge >= 0.3 is 12.1 Å². The molecule has 1 aromatic heterocycles. The van der Waals surface area contributed by atoms with Gasteiger partial charge in [-0.3, -0.25) is 15.5 Å². The molecule has 11 nitrogen and oxygen atoms in total. The van der Waals surface area contributed by atoms with Gasteiger partial charge < -0.3 is 10.8 Å². The summed E-state index contributed by atoms with van der Waals surface area (Å²) in [6.45, 7) is 0. The van der Waals surface area contributed by atoms with E-state index in [4.69, 9.17) is 21.0 Å². The lowest BCUT2D eigenvalue weighted by atomic mass is 10.3. The number of hydrogen-bond acceptors (Lipinski definition) is 9. The Bertz CT molecular complexity index is 1670. The van der Waals surface area contributed by atoms with Gasteiger partial charge in [0.2, 0.25) is 0 Å². The summed E-state index contributed by atoms with van der Waals surface area (Å²) in [5, 5.41) is 25.9. The summed E-state index contributed by atoms with van der Waals surface area (Å²) in [6.07, 6.45) is -3.37. The molecule has 1 atom stereocenters. The fourth-order valence-corrected chi connectivity index (χ4v) is 9.74. The van der Waals surface area contributed by atoms with Crippen LogP contribution >= 0.6 is 39.0 Å². The minimum Gasteiger partial charge on any atom is -0.475 e. The molecule has 0 amide bonds. The predicted octanol–water partition coefficient (Wildman–Crippen LogP) is 5.33. The minimum atomic E-state index is -5.08. The van der Waals surface area contributed by atoms with Crippen LogP contribution in [-0.2, 0) is 24.5 Å². The predicted molar refractivity (Wildman–Crippen MR) is 142 cm³/mol. The van der Waals surface area contributed by atoms with E-state index in [0.29, 0.717) is 13.6 Å². The third kappa shape index (κ3) is 8.01. The molecule has 0 saturated heterocycles. The quantitative estimate of drug-likeness (QED) is 0.0966. The van der Waals surface area contributed by atoms with Crippen molar-refractivity contribution in [3.8, 4) is 0 Å². The Kier molecular flexibility index (Phi) is 10.3. The van der Waals surface area contributed by atoms with Crippen molar-refractivity contribution in [1.29, 1.82) is 5.41 Å². The Morgan fingerprint density at radius 2 is 1.72 bits per heavy atom. The maximum Gasteiger partial charge on any atom is 0.490 e. The number of non-ortho nitro benzene ring substituents is 1. The van der Waals surface area contributed by atoms with E-state index in [1.165, 1.54) is 36.0 Å². The Balaban J connectivity index is 0.000000673. The first kappa shape index (κ1) is 32.2. The number of thiophene rings is 1. The number of nitrogens with two attached hydrogens (primary N) is 1. The topological polar surface area (TPSA) is 194 Å². The smallest absolute Gasteiger partial charge is 0.475 e. The number of halogens is 4. The van der Waals surface area contributed by atoms with E-state index in [-0.39, 0.29) is 15.6 Å². The lowest BCUT2D eigenvalue weighted by Crippen LogP contribution is -2.21. The molecule has 3 rings (SSSR count). The molecule has 0 radical (unpaired) electrons. The van der Waals surface area contributed by atoms with Gasteiger partial charge in [-0.2, -0.15) is 21.6 Å². The normalized spacial score (nSPS) is 12.9. The average Bonchev–Trinajstić information content (AvgIpc) is 3.29. The number of aliphatic carboxylic acids is 1. The minimum absolute atomic E-state index is 0.104. The third-order valence-electron chi connectivity index (χ3n) is 4.30. The number of benzene rings is 2. The number of hydrogen-bond donors (Lipinski definition) is 3. The van der Waals surface area contributed by atoms with E-state index < -0.39 is 47.4 Å². The summed E-state index contributed by atoms with van der Waals surface area (Å²) in [4.78, 5) is 19.3. The zero-order chi connectivity index (χ0) is 29.8. The average molecular weight is 690 g/mol. The molecule has 4 N–H and O–H groups in total. The van der Waals surface area contributed by atoms with Gasteiger partial charge in [0.05, 0.1) is 28.7 Å². The van der Waals surface area contributed by atoms with Crippen molar-refractivity contribution in [1.82, 2.24) is 0 Å². The lowest BCUT2D eigenvalue weighted by molar-refractivity contribution is -0.385. The van der Waals surface area contributed by atoms with E-state index >= 15 is 0 Å². The monoisotopic (exact) mass is 688 g/mol. The van der Waals surface area contributed by atoms with Crippen LogP contribution in [0.15, 0.2) is 81.7 Å². The second kappa shape index (κ2) is 12.5.